The number of nitrogens with zero attached hydrogens (tertiary/aromatic N) is 1. The second-order valence-corrected chi connectivity index (χ2v) is 9.20. The van der Waals surface area contributed by atoms with Crippen LogP contribution in [0.5, 0.6) is 23.0 Å². The fourth-order valence-corrected chi connectivity index (χ4v) is 4.50. The monoisotopic (exact) mass is 539 g/mol. The third-order valence-corrected chi connectivity index (χ3v) is 6.36. The van der Waals surface area contributed by atoms with E-state index < -0.39 is 5.97 Å². The Balaban J connectivity index is 0.00000320. The van der Waals surface area contributed by atoms with Crippen LogP contribution in [0, 0.1) is 0 Å². The summed E-state index contributed by atoms with van der Waals surface area (Å²) < 4.78 is 17.8. The van der Waals surface area contributed by atoms with Crippen LogP contribution in [0.15, 0.2) is 84.0 Å². The largest absolute Gasteiger partial charge is 0.489 e. The second-order valence-electron chi connectivity index (χ2n) is 8.79. The van der Waals surface area contributed by atoms with Gasteiger partial charge in [-0.25, -0.2) is 4.79 Å². The molecule has 37 heavy (non-hydrogen) atoms. The summed E-state index contributed by atoms with van der Waals surface area (Å²) in [5.41, 5.74) is 3.49. The molecule has 0 aromatic heterocycles. The van der Waals surface area contributed by atoms with Crippen LogP contribution in [0.3, 0.4) is 0 Å². The van der Waals surface area contributed by atoms with Crippen LogP contribution in [-0.2, 0) is 11.4 Å². The van der Waals surface area contributed by atoms with Crippen molar-refractivity contribution in [2.45, 2.75) is 13.0 Å². The van der Waals surface area contributed by atoms with Gasteiger partial charge >= 0.3 is 5.97 Å². The van der Waals surface area contributed by atoms with Gasteiger partial charge in [-0.3, -0.25) is 4.90 Å². The van der Waals surface area contributed by atoms with Gasteiger partial charge < -0.3 is 19.3 Å². The standard InChI is InChI=1S/C29H26ClNO5.ClH/c30-26-14-20(8-11-27(26)36-24-6-2-1-3-7-24)18-34-25-10-9-22-13-21(19-35-28(22)15-25)16-31-12-4-5-23(17-31)29(32)33;/h1-3,5-11,13-15H,4,12,16-19H2,(H,32,33);1H. The molecule has 0 saturated heterocycles. The normalized spacial score (nSPS) is 14.8. The zero-order valence-electron chi connectivity index (χ0n) is 20.1. The number of rotatable bonds is 8. The smallest absolute Gasteiger partial charge is 0.332 e. The molecule has 0 atom stereocenters. The van der Waals surface area contributed by atoms with Crippen molar-refractivity contribution in [1.29, 1.82) is 0 Å². The molecule has 1 N–H and O–H groups in total. The van der Waals surface area contributed by atoms with E-state index in [-0.39, 0.29) is 12.4 Å². The predicted molar refractivity (Wildman–Crippen MR) is 146 cm³/mol. The molecule has 2 heterocycles. The molecule has 0 aliphatic carbocycles. The van der Waals surface area contributed by atoms with Crippen LogP contribution >= 0.6 is 24.0 Å². The Bertz CT molecular complexity index is 1320. The third kappa shape index (κ3) is 6.86. The lowest BCUT2D eigenvalue weighted by atomic mass is 10.0. The van der Waals surface area contributed by atoms with Gasteiger partial charge in [-0.15, -0.1) is 12.4 Å². The molecule has 8 heteroatoms. The fraction of sp³-hybridized carbons (Fsp3) is 0.207. The molecular weight excluding hydrogens is 513 g/mol. The third-order valence-electron chi connectivity index (χ3n) is 6.06. The molecule has 6 nitrogen and oxygen atoms in total. The van der Waals surface area contributed by atoms with Crippen LogP contribution in [0.2, 0.25) is 5.02 Å². The molecular formula is C29H27Cl2NO5. The molecule has 2 aliphatic rings. The predicted octanol–water partition coefficient (Wildman–Crippen LogP) is 6.63. The van der Waals surface area contributed by atoms with Gasteiger partial charge in [-0.2, -0.15) is 0 Å². The molecule has 5 rings (SSSR count). The number of benzene rings is 3. The summed E-state index contributed by atoms with van der Waals surface area (Å²) in [5, 5.41) is 9.78. The molecule has 2 aliphatic heterocycles. The highest BCUT2D eigenvalue weighted by Gasteiger charge is 2.20. The topological polar surface area (TPSA) is 68.2 Å². The van der Waals surface area contributed by atoms with Crippen LogP contribution < -0.4 is 14.2 Å². The minimum absolute atomic E-state index is 0. The Hall–Kier alpha value is -3.45. The van der Waals surface area contributed by atoms with E-state index in [1.54, 1.807) is 0 Å². The van der Waals surface area contributed by atoms with Crippen molar-refractivity contribution < 1.29 is 24.1 Å². The number of hydrogen-bond acceptors (Lipinski definition) is 5. The van der Waals surface area contributed by atoms with Gasteiger partial charge in [0.1, 0.15) is 36.2 Å². The average molecular weight is 540 g/mol. The highest BCUT2D eigenvalue weighted by atomic mass is 35.5. The summed E-state index contributed by atoms with van der Waals surface area (Å²) in [4.78, 5) is 13.4. The van der Waals surface area contributed by atoms with Gasteiger partial charge in [0.25, 0.3) is 0 Å². The van der Waals surface area contributed by atoms with E-state index in [0.717, 1.165) is 41.2 Å². The van der Waals surface area contributed by atoms with Gasteiger partial charge in [0.05, 0.1) is 5.02 Å². The summed E-state index contributed by atoms with van der Waals surface area (Å²) in [7, 11) is 0. The maximum absolute atomic E-state index is 11.3. The molecule has 0 unspecified atom stereocenters. The molecule has 0 bridgehead atoms. The second kappa shape index (κ2) is 12.2. The van der Waals surface area contributed by atoms with Crippen molar-refractivity contribution in [3.05, 3.63) is 100 Å². The number of halogens is 2. The Labute approximate surface area is 227 Å². The van der Waals surface area contributed by atoms with Crippen molar-refractivity contribution in [2.75, 3.05) is 26.2 Å². The van der Waals surface area contributed by atoms with E-state index in [4.69, 9.17) is 25.8 Å². The van der Waals surface area contributed by atoms with Crippen LogP contribution in [0.4, 0.5) is 0 Å². The lowest BCUT2D eigenvalue weighted by Crippen LogP contribution is -2.34. The van der Waals surface area contributed by atoms with Gasteiger partial charge in [0.15, 0.2) is 0 Å². The first kappa shape index (κ1) is 26.6. The van der Waals surface area contributed by atoms with Crippen molar-refractivity contribution in [3.63, 3.8) is 0 Å². The fourth-order valence-electron chi connectivity index (χ4n) is 4.25. The van der Waals surface area contributed by atoms with Gasteiger partial charge in [0, 0.05) is 36.8 Å². The molecule has 0 radical (unpaired) electrons. The Kier molecular flexibility index (Phi) is 8.77. The summed E-state index contributed by atoms with van der Waals surface area (Å²) in [5.74, 6) is 1.96. The lowest BCUT2D eigenvalue weighted by molar-refractivity contribution is -0.133. The molecule has 0 spiro atoms. The quantitative estimate of drug-likeness (QED) is 0.346. The molecule has 0 saturated carbocycles. The van der Waals surface area contributed by atoms with E-state index in [1.165, 1.54) is 0 Å². The van der Waals surface area contributed by atoms with E-state index in [0.29, 0.717) is 48.4 Å². The van der Waals surface area contributed by atoms with Crippen molar-refractivity contribution in [1.82, 2.24) is 4.90 Å². The Morgan fingerprint density at radius 2 is 1.89 bits per heavy atom. The summed E-state index contributed by atoms with van der Waals surface area (Å²) >= 11 is 6.42. The summed E-state index contributed by atoms with van der Waals surface area (Å²) in [6, 6.07) is 20.9. The summed E-state index contributed by atoms with van der Waals surface area (Å²) in [6.45, 7) is 2.82. The maximum Gasteiger partial charge on any atom is 0.332 e. The number of carbonyl (C=O) groups is 1. The van der Waals surface area contributed by atoms with Crippen molar-refractivity contribution in [2.24, 2.45) is 0 Å². The van der Waals surface area contributed by atoms with Crippen molar-refractivity contribution in [3.8, 4) is 23.0 Å². The number of carboxylic acids is 1. The number of para-hydroxylation sites is 1. The maximum atomic E-state index is 11.3. The first-order valence-corrected chi connectivity index (χ1v) is 12.2. The zero-order valence-corrected chi connectivity index (χ0v) is 21.6. The molecule has 0 fully saturated rings. The van der Waals surface area contributed by atoms with E-state index in [9.17, 15) is 9.90 Å². The molecule has 0 amide bonds. The number of hydrogen-bond donors (Lipinski definition) is 1. The molecule has 192 valence electrons. The number of carboxylic acid groups (broad SMARTS) is 1. The molecule has 3 aromatic carbocycles. The minimum Gasteiger partial charge on any atom is -0.489 e. The van der Waals surface area contributed by atoms with Crippen LogP contribution in [0.25, 0.3) is 6.08 Å². The first-order valence-electron chi connectivity index (χ1n) is 11.8. The first-order chi connectivity index (χ1) is 17.5. The van der Waals surface area contributed by atoms with E-state index in [1.807, 2.05) is 72.8 Å². The SMILES string of the molecule is Cl.O=C(O)C1=CCCN(CC2=Cc3ccc(OCc4ccc(Oc5ccccc5)c(Cl)c4)cc3OC2)C1. The van der Waals surface area contributed by atoms with E-state index >= 15 is 0 Å². The lowest BCUT2D eigenvalue weighted by Gasteiger charge is -2.28. The Morgan fingerprint density at radius 1 is 1.05 bits per heavy atom. The van der Waals surface area contributed by atoms with Gasteiger partial charge in [-0.05, 0) is 60.0 Å². The Morgan fingerprint density at radius 3 is 2.68 bits per heavy atom. The van der Waals surface area contributed by atoms with Crippen LogP contribution in [0.1, 0.15) is 17.5 Å². The highest BCUT2D eigenvalue weighted by Crippen LogP contribution is 2.33. The van der Waals surface area contributed by atoms with Gasteiger partial charge in [0.2, 0.25) is 0 Å². The van der Waals surface area contributed by atoms with E-state index in [2.05, 4.69) is 11.0 Å². The van der Waals surface area contributed by atoms with Crippen LogP contribution in [-0.4, -0.2) is 42.2 Å². The number of aliphatic carboxylic acids is 1. The highest BCUT2D eigenvalue weighted by molar-refractivity contribution is 6.32. The zero-order chi connectivity index (χ0) is 24.9. The summed E-state index contributed by atoms with van der Waals surface area (Å²) in [6.07, 6.45) is 4.68. The van der Waals surface area contributed by atoms with Gasteiger partial charge in [-0.1, -0.05) is 41.9 Å². The minimum atomic E-state index is -0.842. The number of fused-ring (bicyclic) bond motifs is 1. The average Bonchev–Trinajstić information content (AvgIpc) is 2.89. The number of ether oxygens (including phenoxy) is 3. The molecule has 3 aromatic rings. The van der Waals surface area contributed by atoms with Crippen molar-refractivity contribution >= 4 is 36.1 Å².